The van der Waals surface area contributed by atoms with Crippen LogP contribution in [0.15, 0.2) is 40.5 Å². The van der Waals surface area contributed by atoms with Crippen LogP contribution in [0.3, 0.4) is 0 Å². The Labute approximate surface area is 123 Å². The maximum atomic E-state index is 11.1. The summed E-state index contributed by atoms with van der Waals surface area (Å²) in [5.41, 5.74) is 2.02. The topological polar surface area (TPSA) is 95.1 Å². The van der Waals surface area contributed by atoms with Crippen molar-refractivity contribution in [3.63, 3.8) is 0 Å². The summed E-state index contributed by atoms with van der Waals surface area (Å²) in [5, 5.41) is 14.8. The molecule has 0 saturated heterocycles. The van der Waals surface area contributed by atoms with Crippen LogP contribution in [0.5, 0.6) is 0 Å². The number of hydrogen-bond acceptors (Lipinski definition) is 5. The van der Waals surface area contributed by atoms with Gasteiger partial charge in [-0.15, -0.1) is 0 Å². The summed E-state index contributed by atoms with van der Waals surface area (Å²) in [4.78, 5) is 28.9. The number of nitrogens with one attached hydrogen (secondary N) is 2. The molecule has 1 aromatic carbocycles. The Hall–Kier alpha value is -2.67. The molecule has 0 atom stereocenters. The molecule has 0 aliphatic rings. The lowest BCUT2D eigenvalue weighted by molar-refractivity contribution is 0.0691. The van der Waals surface area contributed by atoms with E-state index in [4.69, 9.17) is 5.11 Å². The summed E-state index contributed by atoms with van der Waals surface area (Å²) in [6.07, 6.45) is 0. The molecule has 2 aromatic heterocycles. The first-order valence-corrected chi connectivity index (χ1v) is 7.05. The summed E-state index contributed by atoms with van der Waals surface area (Å²) in [6, 6.07) is 8.80. The number of pyridine rings is 1. The number of anilines is 1. The molecule has 0 fully saturated rings. The molecule has 0 aliphatic carbocycles. The van der Waals surface area contributed by atoms with E-state index < -0.39 is 5.97 Å². The van der Waals surface area contributed by atoms with Crippen molar-refractivity contribution in [3.05, 3.63) is 56.8 Å². The van der Waals surface area contributed by atoms with E-state index >= 15 is 0 Å². The minimum atomic E-state index is -1.08. The average Bonchev–Trinajstić information content (AvgIpc) is 2.90. The van der Waals surface area contributed by atoms with Gasteiger partial charge in [-0.05, 0) is 12.1 Å². The number of H-pyrrole nitrogens is 1. The molecule has 3 rings (SSSR count). The lowest BCUT2D eigenvalue weighted by Crippen LogP contribution is -2.06. The SMILES string of the molecule is O=C(O)c1cc(NCc2csc(=O)[nH]2)c2ccccc2n1. The van der Waals surface area contributed by atoms with Gasteiger partial charge in [0, 0.05) is 22.1 Å². The van der Waals surface area contributed by atoms with Gasteiger partial charge in [0.2, 0.25) is 0 Å². The second kappa shape index (κ2) is 5.37. The van der Waals surface area contributed by atoms with Gasteiger partial charge in [-0.2, -0.15) is 0 Å². The number of fused-ring (bicyclic) bond motifs is 1. The average molecular weight is 301 g/mol. The van der Waals surface area contributed by atoms with Crippen molar-refractivity contribution in [1.29, 1.82) is 0 Å². The van der Waals surface area contributed by atoms with Crippen LogP contribution in [-0.4, -0.2) is 21.0 Å². The van der Waals surface area contributed by atoms with Crippen LogP contribution in [0.4, 0.5) is 5.69 Å². The molecular formula is C14H11N3O3S. The van der Waals surface area contributed by atoms with Crippen LogP contribution in [0.1, 0.15) is 16.2 Å². The maximum absolute atomic E-state index is 11.1. The predicted octanol–water partition coefficient (Wildman–Crippen LogP) is 2.29. The third-order valence-electron chi connectivity index (χ3n) is 2.98. The normalized spacial score (nSPS) is 10.7. The molecule has 3 aromatic rings. The first-order chi connectivity index (χ1) is 10.1. The van der Waals surface area contributed by atoms with E-state index in [1.54, 1.807) is 17.5 Å². The number of aromatic carboxylic acids is 1. The number of carboxylic acids is 1. The van der Waals surface area contributed by atoms with Gasteiger partial charge in [-0.3, -0.25) is 4.79 Å². The molecule has 0 amide bonds. The molecule has 21 heavy (non-hydrogen) atoms. The largest absolute Gasteiger partial charge is 0.477 e. The summed E-state index contributed by atoms with van der Waals surface area (Å²) in [5.74, 6) is -1.08. The highest BCUT2D eigenvalue weighted by atomic mass is 32.1. The van der Waals surface area contributed by atoms with Crippen molar-refractivity contribution < 1.29 is 9.90 Å². The second-order valence-electron chi connectivity index (χ2n) is 4.40. The summed E-state index contributed by atoms with van der Waals surface area (Å²) < 4.78 is 0. The highest BCUT2D eigenvalue weighted by Crippen LogP contribution is 2.23. The molecule has 7 heteroatoms. The minimum absolute atomic E-state index is 0.0185. The number of para-hydroxylation sites is 1. The van der Waals surface area contributed by atoms with Crippen molar-refractivity contribution in [2.45, 2.75) is 6.54 Å². The van der Waals surface area contributed by atoms with Crippen molar-refractivity contribution in [2.24, 2.45) is 0 Å². The Kier molecular flexibility index (Phi) is 3.41. The number of aromatic nitrogens is 2. The second-order valence-corrected chi connectivity index (χ2v) is 5.25. The molecule has 0 saturated carbocycles. The van der Waals surface area contributed by atoms with Gasteiger partial charge in [0.05, 0.1) is 12.1 Å². The van der Waals surface area contributed by atoms with E-state index in [1.807, 2.05) is 12.1 Å². The van der Waals surface area contributed by atoms with Crippen LogP contribution in [-0.2, 0) is 6.54 Å². The van der Waals surface area contributed by atoms with E-state index in [9.17, 15) is 9.59 Å². The summed E-state index contributed by atoms with van der Waals surface area (Å²) in [7, 11) is 0. The molecule has 2 heterocycles. The standard InChI is InChI=1S/C14H11N3O3S/c18-13(19)12-5-11(9-3-1-2-4-10(9)17-12)15-6-8-7-21-14(20)16-8/h1-5,7H,6H2,(H,15,17)(H,16,20)(H,18,19). The van der Waals surface area contributed by atoms with Crippen LogP contribution < -0.4 is 10.2 Å². The van der Waals surface area contributed by atoms with Gasteiger partial charge in [0.25, 0.3) is 0 Å². The van der Waals surface area contributed by atoms with Crippen molar-refractivity contribution in [3.8, 4) is 0 Å². The zero-order valence-corrected chi connectivity index (χ0v) is 11.6. The number of nitrogens with zero attached hydrogens (tertiary/aromatic N) is 1. The monoisotopic (exact) mass is 301 g/mol. The fraction of sp³-hybridized carbons (Fsp3) is 0.0714. The van der Waals surface area contributed by atoms with E-state index in [1.165, 1.54) is 6.07 Å². The van der Waals surface area contributed by atoms with Gasteiger partial charge in [-0.1, -0.05) is 29.5 Å². The van der Waals surface area contributed by atoms with E-state index in [0.29, 0.717) is 17.7 Å². The number of carboxylic acid groups (broad SMARTS) is 1. The van der Waals surface area contributed by atoms with Crippen LogP contribution in [0.25, 0.3) is 10.9 Å². The zero-order chi connectivity index (χ0) is 14.8. The smallest absolute Gasteiger partial charge is 0.354 e. The molecule has 106 valence electrons. The van der Waals surface area contributed by atoms with E-state index in [2.05, 4.69) is 15.3 Å². The van der Waals surface area contributed by atoms with E-state index in [-0.39, 0.29) is 10.6 Å². The fourth-order valence-electron chi connectivity index (χ4n) is 2.02. The summed E-state index contributed by atoms with van der Waals surface area (Å²) >= 11 is 1.09. The number of benzene rings is 1. The Morgan fingerprint density at radius 2 is 2.19 bits per heavy atom. The first-order valence-electron chi connectivity index (χ1n) is 6.17. The van der Waals surface area contributed by atoms with Crippen molar-refractivity contribution in [1.82, 2.24) is 9.97 Å². The first kappa shape index (κ1) is 13.3. The molecule has 0 radical (unpaired) electrons. The molecule has 3 N–H and O–H groups in total. The number of hydrogen-bond donors (Lipinski definition) is 3. The van der Waals surface area contributed by atoms with Crippen LogP contribution in [0.2, 0.25) is 0 Å². The predicted molar refractivity (Wildman–Crippen MR) is 81.0 cm³/mol. The minimum Gasteiger partial charge on any atom is -0.477 e. The van der Waals surface area contributed by atoms with Crippen molar-refractivity contribution in [2.75, 3.05) is 5.32 Å². The quantitative estimate of drug-likeness (QED) is 0.687. The number of rotatable bonds is 4. The van der Waals surface area contributed by atoms with Gasteiger partial charge in [0.15, 0.2) is 5.69 Å². The highest BCUT2D eigenvalue weighted by Gasteiger charge is 2.10. The Bertz CT molecular complexity index is 869. The molecule has 0 unspecified atom stereocenters. The fourth-order valence-corrected chi connectivity index (χ4v) is 2.60. The van der Waals surface area contributed by atoms with Gasteiger partial charge >= 0.3 is 10.8 Å². The molecule has 0 bridgehead atoms. The van der Waals surface area contributed by atoms with Crippen molar-refractivity contribution >= 4 is 33.9 Å². The molecule has 0 spiro atoms. The molecule has 6 nitrogen and oxygen atoms in total. The Morgan fingerprint density at radius 3 is 2.90 bits per heavy atom. The lowest BCUT2D eigenvalue weighted by Gasteiger charge is -2.09. The molecular weight excluding hydrogens is 290 g/mol. The Morgan fingerprint density at radius 1 is 1.38 bits per heavy atom. The Balaban J connectivity index is 1.99. The third-order valence-corrected chi connectivity index (χ3v) is 3.69. The number of aromatic amines is 1. The third kappa shape index (κ3) is 2.77. The summed E-state index contributed by atoms with van der Waals surface area (Å²) in [6.45, 7) is 0.409. The van der Waals surface area contributed by atoms with Crippen LogP contribution >= 0.6 is 11.3 Å². The maximum Gasteiger partial charge on any atom is 0.354 e. The highest BCUT2D eigenvalue weighted by molar-refractivity contribution is 7.07. The number of thiazole rings is 1. The zero-order valence-electron chi connectivity index (χ0n) is 10.8. The van der Waals surface area contributed by atoms with Gasteiger partial charge in [0.1, 0.15) is 0 Å². The van der Waals surface area contributed by atoms with E-state index in [0.717, 1.165) is 22.4 Å². The van der Waals surface area contributed by atoms with Crippen LogP contribution in [0, 0.1) is 0 Å². The number of carbonyl (C=O) groups is 1. The lowest BCUT2D eigenvalue weighted by atomic mass is 10.1. The van der Waals surface area contributed by atoms with Gasteiger partial charge < -0.3 is 15.4 Å². The van der Waals surface area contributed by atoms with Gasteiger partial charge in [-0.25, -0.2) is 9.78 Å². The molecule has 0 aliphatic heterocycles.